The molecule has 0 amide bonds. The van der Waals surface area contributed by atoms with E-state index in [1.807, 2.05) is 17.8 Å². The van der Waals surface area contributed by atoms with Gasteiger partial charge in [0.05, 0.1) is 13.6 Å². The third kappa shape index (κ3) is 3.26. The number of aryl methyl sites for hydroxylation is 2. The number of rotatable bonds is 1. The Morgan fingerprint density at radius 1 is 1.50 bits per heavy atom. The molecular weight excluding hydrogens is 163 g/mol. The summed E-state index contributed by atoms with van der Waals surface area (Å²) in [6.07, 6.45) is 6.14. The number of halogens is 1. The van der Waals surface area contributed by atoms with Gasteiger partial charge in [0.1, 0.15) is 12.4 Å². The number of aromatic nitrogens is 2. The van der Waals surface area contributed by atoms with Crippen LogP contribution in [0, 0.1) is 0 Å². The van der Waals surface area contributed by atoms with Crippen LogP contribution in [0.2, 0.25) is 0 Å². The molecule has 0 atom stereocenters. The normalized spacial score (nSPS) is 7.80. The second-order valence-corrected chi connectivity index (χ2v) is 1.91. The predicted molar refractivity (Wildman–Crippen MR) is 44.3 cm³/mol. The van der Waals surface area contributed by atoms with E-state index in [0.29, 0.717) is 0 Å². The number of nitrogens with zero attached hydrogens (tertiary/aromatic N) is 2. The first-order valence-corrected chi connectivity index (χ1v) is 2.84. The second-order valence-electron chi connectivity index (χ2n) is 1.91. The standard InChI is InChI=1S/C6H11N2.Al.ClH/c1-3-8-5-4-7(2)6-8;;/h4-6H,3H2,1-2H3;;1H/q+1;;. The number of imidazole rings is 1. The lowest BCUT2D eigenvalue weighted by atomic mass is 10.7. The smallest absolute Gasteiger partial charge is 0.240 e. The van der Waals surface area contributed by atoms with Gasteiger partial charge in [0.2, 0.25) is 6.33 Å². The Labute approximate surface area is 78.4 Å². The van der Waals surface area contributed by atoms with Crippen molar-refractivity contribution in [2.24, 2.45) is 7.05 Å². The maximum absolute atomic E-state index is 2.12. The van der Waals surface area contributed by atoms with E-state index in [9.17, 15) is 0 Å². The molecule has 1 aromatic rings. The molecule has 0 aromatic carbocycles. The molecule has 2 nitrogen and oxygen atoms in total. The van der Waals surface area contributed by atoms with Crippen LogP contribution in [0.15, 0.2) is 18.7 Å². The third-order valence-corrected chi connectivity index (χ3v) is 1.19. The van der Waals surface area contributed by atoms with Crippen LogP contribution in [0.5, 0.6) is 0 Å². The van der Waals surface area contributed by atoms with Gasteiger partial charge >= 0.3 is 0 Å². The molecule has 0 saturated carbocycles. The van der Waals surface area contributed by atoms with Crippen molar-refractivity contribution >= 4 is 29.8 Å². The summed E-state index contributed by atoms with van der Waals surface area (Å²) in [5.74, 6) is 0. The molecule has 10 heavy (non-hydrogen) atoms. The van der Waals surface area contributed by atoms with Crippen LogP contribution in [-0.2, 0) is 13.6 Å². The Morgan fingerprint density at radius 2 is 2.10 bits per heavy atom. The molecule has 0 aliphatic heterocycles. The van der Waals surface area contributed by atoms with Crippen molar-refractivity contribution in [3.63, 3.8) is 0 Å². The van der Waals surface area contributed by atoms with Crippen molar-refractivity contribution in [1.82, 2.24) is 4.57 Å². The predicted octanol–water partition coefficient (Wildman–Crippen LogP) is 0.373. The SMILES string of the molecule is CCn1cc[n+](C)c1.Cl.[Al]. The number of hydrogen-bond acceptors (Lipinski definition) is 0. The van der Waals surface area contributed by atoms with Crippen LogP contribution in [0.4, 0.5) is 0 Å². The van der Waals surface area contributed by atoms with Crippen molar-refractivity contribution < 1.29 is 4.57 Å². The zero-order valence-electron chi connectivity index (χ0n) is 6.32. The summed E-state index contributed by atoms with van der Waals surface area (Å²) in [5.41, 5.74) is 0. The molecular formula is C6H12AlClN2+. The number of hydrogen-bond donors (Lipinski definition) is 0. The molecule has 0 aliphatic rings. The van der Waals surface area contributed by atoms with Crippen molar-refractivity contribution in [3.05, 3.63) is 18.7 Å². The molecule has 0 N–H and O–H groups in total. The van der Waals surface area contributed by atoms with Crippen LogP contribution >= 0.6 is 12.4 Å². The lowest BCUT2D eigenvalue weighted by Gasteiger charge is -1.81. The van der Waals surface area contributed by atoms with Gasteiger partial charge in [-0.15, -0.1) is 12.4 Å². The van der Waals surface area contributed by atoms with Gasteiger partial charge in [-0.3, -0.25) is 0 Å². The summed E-state index contributed by atoms with van der Waals surface area (Å²) in [6.45, 7) is 3.18. The summed E-state index contributed by atoms with van der Waals surface area (Å²) in [4.78, 5) is 0. The monoisotopic (exact) mass is 174 g/mol. The van der Waals surface area contributed by atoms with E-state index in [-0.39, 0.29) is 29.8 Å². The first kappa shape index (κ1) is 12.7. The van der Waals surface area contributed by atoms with Crippen LogP contribution in [0.3, 0.4) is 0 Å². The summed E-state index contributed by atoms with van der Waals surface area (Å²) in [6, 6.07) is 0. The largest absolute Gasteiger partial charge is 0.243 e. The first-order valence-electron chi connectivity index (χ1n) is 2.84. The van der Waals surface area contributed by atoms with Gasteiger partial charge in [-0.1, -0.05) is 0 Å². The van der Waals surface area contributed by atoms with Gasteiger partial charge in [0, 0.05) is 17.4 Å². The van der Waals surface area contributed by atoms with Crippen molar-refractivity contribution in [2.75, 3.05) is 0 Å². The average Bonchev–Trinajstić information content (AvgIpc) is 2.14. The van der Waals surface area contributed by atoms with E-state index < -0.39 is 0 Å². The molecule has 1 heterocycles. The Morgan fingerprint density at radius 3 is 2.30 bits per heavy atom. The van der Waals surface area contributed by atoms with Gasteiger partial charge < -0.3 is 0 Å². The van der Waals surface area contributed by atoms with Gasteiger partial charge in [-0.2, -0.15) is 0 Å². The molecule has 1 rings (SSSR count). The van der Waals surface area contributed by atoms with Gasteiger partial charge in [-0.25, -0.2) is 9.13 Å². The Kier molecular flexibility index (Phi) is 7.35. The highest BCUT2D eigenvalue weighted by molar-refractivity contribution is 5.85. The maximum atomic E-state index is 2.12. The zero-order valence-corrected chi connectivity index (χ0v) is 8.29. The van der Waals surface area contributed by atoms with E-state index in [1.54, 1.807) is 0 Å². The van der Waals surface area contributed by atoms with Gasteiger partial charge in [-0.05, 0) is 6.92 Å². The molecule has 0 spiro atoms. The highest BCUT2D eigenvalue weighted by Gasteiger charge is 1.92. The lowest BCUT2D eigenvalue weighted by molar-refractivity contribution is -0.671. The zero-order chi connectivity index (χ0) is 5.98. The molecule has 0 fully saturated rings. The quantitative estimate of drug-likeness (QED) is 0.430. The van der Waals surface area contributed by atoms with E-state index in [2.05, 4.69) is 24.0 Å². The second kappa shape index (κ2) is 5.79. The Balaban J connectivity index is 0. The van der Waals surface area contributed by atoms with E-state index in [0.717, 1.165) is 6.54 Å². The fraction of sp³-hybridized carbons (Fsp3) is 0.500. The Hall–Kier alpha value is 0.0325. The molecule has 1 aromatic heterocycles. The fourth-order valence-corrected chi connectivity index (χ4v) is 0.689. The summed E-state index contributed by atoms with van der Waals surface area (Å²) in [7, 11) is 2.02. The van der Waals surface area contributed by atoms with E-state index >= 15 is 0 Å². The summed E-state index contributed by atoms with van der Waals surface area (Å²) in [5, 5.41) is 0. The van der Waals surface area contributed by atoms with Crippen molar-refractivity contribution in [2.45, 2.75) is 13.5 Å². The molecule has 3 radical (unpaired) electrons. The third-order valence-electron chi connectivity index (χ3n) is 1.19. The molecule has 55 valence electrons. The van der Waals surface area contributed by atoms with Crippen LogP contribution in [-0.4, -0.2) is 21.9 Å². The van der Waals surface area contributed by atoms with Crippen molar-refractivity contribution in [1.29, 1.82) is 0 Å². The maximum Gasteiger partial charge on any atom is 0.243 e. The molecule has 4 heteroatoms. The topological polar surface area (TPSA) is 8.81 Å². The molecule has 0 saturated heterocycles. The van der Waals surface area contributed by atoms with E-state index in [4.69, 9.17) is 0 Å². The minimum atomic E-state index is 0. The van der Waals surface area contributed by atoms with Crippen LogP contribution in [0.25, 0.3) is 0 Å². The van der Waals surface area contributed by atoms with E-state index in [1.165, 1.54) is 0 Å². The first-order chi connectivity index (χ1) is 3.83. The lowest BCUT2D eigenvalue weighted by Crippen LogP contribution is -2.23. The summed E-state index contributed by atoms with van der Waals surface area (Å²) >= 11 is 0. The van der Waals surface area contributed by atoms with Crippen molar-refractivity contribution in [3.8, 4) is 0 Å². The van der Waals surface area contributed by atoms with Gasteiger partial charge in [0.15, 0.2) is 0 Å². The summed E-state index contributed by atoms with van der Waals surface area (Å²) < 4.78 is 4.16. The highest BCUT2D eigenvalue weighted by atomic mass is 35.5. The molecule has 0 unspecified atom stereocenters. The minimum absolute atomic E-state index is 0. The fourth-order valence-electron chi connectivity index (χ4n) is 0.689. The van der Waals surface area contributed by atoms with Crippen LogP contribution < -0.4 is 4.57 Å². The highest BCUT2D eigenvalue weighted by Crippen LogP contribution is 1.79. The molecule has 0 aliphatic carbocycles. The minimum Gasteiger partial charge on any atom is -0.240 e. The molecule has 0 bridgehead atoms. The Bertz CT molecular complexity index is 176. The average molecular weight is 175 g/mol. The van der Waals surface area contributed by atoms with Crippen LogP contribution in [0.1, 0.15) is 6.92 Å². The van der Waals surface area contributed by atoms with Gasteiger partial charge in [0.25, 0.3) is 0 Å².